The van der Waals surface area contributed by atoms with Gasteiger partial charge in [-0.15, -0.1) is 11.3 Å². The molecule has 1 heterocycles. The van der Waals surface area contributed by atoms with Crippen LogP contribution in [0.1, 0.15) is 20.8 Å². The summed E-state index contributed by atoms with van der Waals surface area (Å²) in [5.74, 6) is -1.41. The van der Waals surface area contributed by atoms with E-state index in [4.69, 9.17) is 0 Å². The average molecular weight is 368 g/mol. The number of rotatable bonds is 5. The molecule has 0 saturated carbocycles. The number of nitrogens with one attached hydrogen (secondary N) is 1. The van der Waals surface area contributed by atoms with Gasteiger partial charge in [0.05, 0.1) is 8.66 Å². The van der Waals surface area contributed by atoms with Crippen molar-refractivity contribution in [2.45, 2.75) is 19.4 Å². The minimum absolute atomic E-state index is 0.257. The molecule has 1 aromatic heterocycles. The van der Waals surface area contributed by atoms with E-state index in [1.807, 2.05) is 37.3 Å². The molecule has 0 unspecified atom stereocenters. The van der Waals surface area contributed by atoms with Crippen molar-refractivity contribution in [1.29, 1.82) is 0 Å². The summed E-state index contributed by atoms with van der Waals surface area (Å²) in [4.78, 5) is 24.0. The molecule has 4 nitrogen and oxygen atoms in total. The van der Waals surface area contributed by atoms with Crippen LogP contribution >= 0.6 is 27.3 Å². The number of aryl methyl sites for hydroxylation is 1. The molecule has 0 fully saturated rings. The average Bonchev–Trinajstić information content (AvgIpc) is 2.79. The minimum atomic E-state index is -1.04. The number of aliphatic carboxylic acids is 1. The maximum Gasteiger partial charge on any atom is 0.326 e. The number of hydrogen-bond acceptors (Lipinski definition) is 3. The maximum absolute atomic E-state index is 12.1. The van der Waals surface area contributed by atoms with Gasteiger partial charge in [-0.05, 0) is 40.0 Å². The third-order valence-corrected chi connectivity index (χ3v) is 5.10. The summed E-state index contributed by atoms with van der Waals surface area (Å²) in [7, 11) is 0. The molecule has 1 aromatic carbocycles. The second-order valence-electron chi connectivity index (χ2n) is 4.62. The fourth-order valence-corrected chi connectivity index (χ4v) is 3.29. The van der Waals surface area contributed by atoms with Crippen molar-refractivity contribution in [3.8, 4) is 0 Å². The van der Waals surface area contributed by atoms with Gasteiger partial charge in [0.25, 0.3) is 5.91 Å². The van der Waals surface area contributed by atoms with Crippen molar-refractivity contribution in [2.24, 2.45) is 0 Å². The van der Waals surface area contributed by atoms with Crippen molar-refractivity contribution >= 4 is 39.1 Å². The van der Waals surface area contributed by atoms with Gasteiger partial charge < -0.3 is 10.4 Å². The summed E-state index contributed by atoms with van der Waals surface area (Å²) in [6.45, 7) is 1.88. The zero-order chi connectivity index (χ0) is 15.4. The van der Waals surface area contributed by atoms with E-state index in [9.17, 15) is 14.7 Å². The predicted octanol–water partition coefficient (Wildman–Crippen LogP) is 3.24. The van der Waals surface area contributed by atoms with Gasteiger partial charge in [0, 0.05) is 6.42 Å². The molecule has 21 heavy (non-hydrogen) atoms. The normalized spacial score (nSPS) is 11.9. The summed E-state index contributed by atoms with van der Waals surface area (Å²) in [6, 6.07) is 10.0. The molecule has 1 atom stereocenters. The van der Waals surface area contributed by atoms with Crippen molar-refractivity contribution in [2.75, 3.05) is 0 Å². The van der Waals surface area contributed by atoms with Crippen LogP contribution in [0.4, 0.5) is 0 Å². The molecule has 6 heteroatoms. The number of carbonyl (C=O) groups excluding carboxylic acids is 1. The molecule has 2 N–H and O–H groups in total. The van der Waals surface area contributed by atoms with E-state index in [0.29, 0.717) is 4.88 Å². The van der Waals surface area contributed by atoms with Crippen molar-refractivity contribution in [1.82, 2.24) is 5.32 Å². The standard InChI is InChI=1S/C15H14BrNO3S/c1-9-7-12(21-13(9)16)14(18)17-11(15(19)20)8-10-5-3-2-4-6-10/h2-7,11H,8H2,1H3,(H,17,18)(H,19,20)/t11-/m0/s1. The van der Waals surface area contributed by atoms with E-state index in [2.05, 4.69) is 21.2 Å². The molecule has 0 aliphatic carbocycles. The van der Waals surface area contributed by atoms with Crippen LogP contribution in [0.15, 0.2) is 40.2 Å². The molecule has 2 rings (SSSR count). The van der Waals surface area contributed by atoms with E-state index in [1.54, 1.807) is 6.07 Å². The minimum Gasteiger partial charge on any atom is -0.480 e. The molecular formula is C15H14BrNO3S. The van der Waals surface area contributed by atoms with Crippen LogP contribution in [-0.4, -0.2) is 23.0 Å². The van der Waals surface area contributed by atoms with Gasteiger partial charge in [0.2, 0.25) is 0 Å². The summed E-state index contributed by atoms with van der Waals surface area (Å²) < 4.78 is 0.877. The first kappa shape index (κ1) is 15.7. The number of carbonyl (C=O) groups is 2. The summed E-state index contributed by atoms with van der Waals surface area (Å²) in [5, 5.41) is 11.8. The van der Waals surface area contributed by atoms with E-state index in [1.165, 1.54) is 11.3 Å². The molecule has 1 amide bonds. The fraction of sp³-hybridized carbons (Fsp3) is 0.200. The SMILES string of the molecule is Cc1cc(C(=O)N[C@@H](Cc2ccccc2)C(=O)O)sc1Br. The number of hydrogen-bond donors (Lipinski definition) is 2. The zero-order valence-corrected chi connectivity index (χ0v) is 13.7. The van der Waals surface area contributed by atoms with E-state index in [0.717, 1.165) is 14.9 Å². The molecule has 110 valence electrons. The van der Waals surface area contributed by atoms with Crippen molar-refractivity contribution in [3.63, 3.8) is 0 Å². The van der Waals surface area contributed by atoms with Gasteiger partial charge in [-0.1, -0.05) is 30.3 Å². The highest BCUT2D eigenvalue weighted by molar-refractivity contribution is 9.11. The number of carboxylic acids is 1. The summed E-state index contributed by atoms with van der Waals surface area (Å²) >= 11 is 4.65. The van der Waals surface area contributed by atoms with E-state index < -0.39 is 12.0 Å². The number of halogens is 1. The van der Waals surface area contributed by atoms with E-state index >= 15 is 0 Å². The molecule has 0 bridgehead atoms. The van der Waals surface area contributed by atoms with Gasteiger partial charge in [-0.3, -0.25) is 4.79 Å². The lowest BCUT2D eigenvalue weighted by Crippen LogP contribution is -2.42. The quantitative estimate of drug-likeness (QED) is 0.852. The lowest BCUT2D eigenvalue weighted by molar-refractivity contribution is -0.139. The molecule has 0 spiro atoms. The Balaban J connectivity index is 2.09. The van der Waals surface area contributed by atoms with Crippen LogP contribution in [0.25, 0.3) is 0 Å². The molecule has 0 aliphatic heterocycles. The Morgan fingerprint density at radius 3 is 2.52 bits per heavy atom. The molecule has 0 radical (unpaired) electrons. The van der Waals surface area contributed by atoms with Crippen LogP contribution in [0, 0.1) is 6.92 Å². The van der Waals surface area contributed by atoms with Crippen LogP contribution in [0.2, 0.25) is 0 Å². The Morgan fingerprint density at radius 1 is 1.33 bits per heavy atom. The lowest BCUT2D eigenvalue weighted by atomic mass is 10.1. The molecule has 0 saturated heterocycles. The first-order valence-corrected chi connectivity index (χ1v) is 7.92. The van der Waals surface area contributed by atoms with E-state index in [-0.39, 0.29) is 12.3 Å². The highest BCUT2D eigenvalue weighted by atomic mass is 79.9. The Bertz CT molecular complexity index is 635. The van der Waals surface area contributed by atoms with Crippen LogP contribution in [0.3, 0.4) is 0 Å². The van der Waals surface area contributed by atoms with Crippen LogP contribution in [-0.2, 0) is 11.2 Å². The fourth-order valence-electron chi connectivity index (χ4n) is 1.85. The zero-order valence-electron chi connectivity index (χ0n) is 11.3. The first-order chi connectivity index (χ1) is 9.97. The molecular weight excluding hydrogens is 354 g/mol. The second-order valence-corrected chi connectivity index (χ2v) is 6.99. The predicted molar refractivity (Wildman–Crippen MR) is 85.8 cm³/mol. The number of amides is 1. The Labute approximate surface area is 134 Å². The molecule has 2 aromatic rings. The Kier molecular flexibility index (Phi) is 5.14. The first-order valence-electron chi connectivity index (χ1n) is 6.31. The van der Waals surface area contributed by atoms with Crippen LogP contribution < -0.4 is 5.32 Å². The molecule has 0 aliphatic rings. The van der Waals surface area contributed by atoms with Crippen molar-refractivity contribution < 1.29 is 14.7 Å². The topological polar surface area (TPSA) is 66.4 Å². The summed E-state index contributed by atoms with van der Waals surface area (Å²) in [6.07, 6.45) is 0.257. The monoisotopic (exact) mass is 367 g/mol. The third-order valence-electron chi connectivity index (χ3n) is 2.97. The second kappa shape index (κ2) is 6.87. The number of carboxylic acid groups (broad SMARTS) is 1. The van der Waals surface area contributed by atoms with Crippen LogP contribution in [0.5, 0.6) is 0 Å². The van der Waals surface area contributed by atoms with Gasteiger partial charge in [0.1, 0.15) is 6.04 Å². The third kappa shape index (κ3) is 4.15. The van der Waals surface area contributed by atoms with Gasteiger partial charge in [-0.25, -0.2) is 4.79 Å². The highest BCUT2D eigenvalue weighted by Gasteiger charge is 2.22. The van der Waals surface area contributed by atoms with Crippen molar-refractivity contribution in [3.05, 3.63) is 56.2 Å². The van der Waals surface area contributed by atoms with Gasteiger partial charge >= 0.3 is 5.97 Å². The lowest BCUT2D eigenvalue weighted by Gasteiger charge is -2.14. The number of benzene rings is 1. The van der Waals surface area contributed by atoms with Gasteiger partial charge in [-0.2, -0.15) is 0 Å². The maximum atomic E-state index is 12.1. The highest BCUT2D eigenvalue weighted by Crippen LogP contribution is 2.27. The largest absolute Gasteiger partial charge is 0.480 e. The smallest absolute Gasteiger partial charge is 0.326 e. The summed E-state index contributed by atoms with van der Waals surface area (Å²) in [5.41, 5.74) is 1.83. The Morgan fingerprint density at radius 2 is 2.00 bits per heavy atom. The van der Waals surface area contributed by atoms with Gasteiger partial charge in [0.15, 0.2) is 0 Å². The number of thiophene rings is 1. The Hall–Kier alpha value is -1.66.